The Morgan fingerprint density at radius 3 is 1.62 bits per heavy atom. The zero-order valence-corrected chi connectivity index (χ0v) is 7.91. The lowest BCUT2D eigenvalue weighted by Crippen LogP contribution is -2.14. The minimum atomic E-state index is -2.25. The van der Waals surface area contributed by atoms with Gasteiger partial charge in [0.2, 0.25) is 5.82 Å². The van der Waals surface area contributed by atoms with Gasteiger partial charge in [-0.2, -0.15) is 0 Å². The van der Waals surface area contributed by atoms with Crippen LogP contribution in [0.15, 0.2) is 0 Å². The third-order valence-corrected chi connectivity index (χ3v) is 2.02. The number of halogens is 5. The van der Waals surface area contributed by atoms with Crippen molar-refractivity contribution in [3.8, 4) is 0 Å². The molecular formula is C9H8F5NO. The van der Waals surface area contributed by atoms with Crippen LogP contribution in [0, 0.1) is 29.1 Å². The molecule has 1 aromatic rings. The highest BCUT2D eigenvalue weighted by atomic mass is 19.2. The van der Waals surface area contributed by atoms with E-state index in [9.17, 15) is 27.1 Å². The fourth-order valence-corrected chi connectivity index (χ4v) is 1.22. The first-order valence-corrected chi connectivity index (χ1v) is 4.31. The summed E-state index contributed by atoms with van der Waals surface area (Å²) >= 11 is 0. The zero-order chi connectivity index (χ0) is 12.5. The molecule has 0 aliphatic rings. The minimum absolute atomic E-state index is 0.152. The fraction of sp³-hybridized carbons (Fsp3) is 0.333. The van der Waals surface area contributed by atoms with Gasteiger partial charge >= 0.3 is 0 Å². The molecule has 16 heavy (non-hydrogen) atoms. The highest BCUT2D eigenvalue weighted by Gasteiger charge is 2.29. The van der Waals surface area contributed by atoms with Crippen LogP contribution in [-0.2, 0) is 0 Å². The van der Waals surface area contributed by atoms with Crippen LogP contribution in [0.25, 0.3) is 0 Å². The molecule has 0 heterocycles. The van der Waals surface area contributed by atoms with Gasteiger partial charge in [0.15, 0.2) is 23.3 Å². The third-order valence-electron chi connectivity index (χ3n) is 2.02. The molecule has 0 amide bonds. The number of nitrogens with two attached hydrogens (primary N) is 1. The van der Waals surface area contributed by atoms with Crippen LogP contribution >= 0.6 is 0 Å². The average molecular weight is 241 g/mol. The van der Waals surface area contributed by atoms with Gasteiger partial charge in [0, 0.05) is 0 Å². The highest BCUT2D eigenvalue weighted by molar-refractivity contribution is 5.26. The van der Waals surface area contributed by atoms with Crippen molar-refractivity contribution in [2.24, 2.45) is 5.73 Å². The van der Waals surface area contributed by atoms with E-state index in [1.807, 2.05) is 0 Å². The summed E-state index contributed by atoms with van der Waals surface area (Å²) in [7, 11) is 0. The van der Waals surface area contributed by atoms with Crippen LogP contribution in [0.2, 0.25) is 0 Å². The number of aliphatic hydroxyl groups excluding tert-OH is 1. The molecule has 0 bridgehead atoms. The SMILES string of the molecule is NCCC(O)c1c(F)c(F)c(F)c(F)c1F. The second-order valence-corrected chi connectivity index (χ2v) is 3.08. The first kappa shape index (κ1) is 12.9. The summed E-state index contributed by atoms with van der Waals surface area (Å²) in [6.45, 7) is -0.152. The van der Waals surface area contributed by atoms with E-state index in [-0.39, 0.29) is 13.0 Å². The van der Waals surface area contributed by atoms with Gasteiger partial charge in [0.25, 0.3) is 0 Å². The predicted molar refractivity (Wildman–Crippen MR) is 44.9 cm³/mol. The molecule has 0 saturated carbocycles. The van der Waals surface area contributed by atoms with Crippen molar-refractivity contribution < 1.29 is 27.1 Å². The number of aliphatic hydroxyl groups is 1. The van der Waals surface area contributed by atoms with Gasteiger partial charge in [-0.1, -0.05) is 0 Å². The van der Waals surface area contributed by atoms with Gasteiger partial charge in [-0.25, -0.2) is 22.0 Å². The second-order valence-electron chi connectivity index (χ2n) is 3.08. The van der Waals surface area contributed by atoms with E-state index < -0.39 is 40.8 Å². The third kappa shape index (κ3) is 2.00. The lowest BCUT2D eigenvalue weighted by molar-refractivity contribution is 0.156. The summed E-state index contributed by atoms with van der Waals surface area (Å²) < 4.78 is 64.1. The van der Waals surface area contributed by atoms with Gasteiger partial charge < -0.3 is 10.8 Å². The Morgan fingerprint density at radius 1 is 0.875 bits per heavy atom. The molecule has 0 fully saturated rings. The second kappa shape index (κ2) is 4.75. The van der Waals surface area contributed by atoms with Crippen LogP contribution in [0.1, 0.15) is 18.1 Å². The monoisotopic (exact) mass is 241 g/mol. The summed E-state index contributed by atoms with van der Waals surface area (Å²) in [5, 5.41) is 9.21. The molecule has 0 aliphatic carbocycles. The Labute approximate surface area is 87.5 Å². The lowest BCUT2D eigenvalue weighted by atomic mass is 10.0. The van der Waals surface area contributed by atoms with Crippen LogP contribution in [0.4, 0.5) is 22.0 Å². The molecule has 0 saturated heterocycles. The van der Waals surface area contributed by atoms with Gasteiger partial charge in [0.05, 0.1) is 11.7 Å². The Kier molecular flexibility index (Phi) is 3.82. The van der Waals surface area contributed by atoms with E-state index in [4.69, 9.17) is 5.73 Å². The van der Waals surface area contributed by atoms with E-state index in [0.29, 0.717) is 0 Å². The summed E-state index contributed by atoms with van der Waals surface area (Å²) in [4.78, 5) is 0. The van der Waals surface area contributed by atoms with E-state index >= 15 is 0 Å². The van der Waals surface area contributed by atoms with E-state index in [1.165, 1.54) is 0 Å². The molecular weight excluding hydrogens is 233 g/mol. The maximum Gasteiger partial charge on any atom is 0.200 e. The van der Waals surface area contributed by atoms with Gasteiger partial charge in [0.1, 0.15) is 0 Å². The molecule has 7 heteroatoms. The quantitative estimate of drug-likeness (QED) is 0.481. The highest BCUT2D eigenvalue weighted by Crippen LogP contribution is 2.28. The van der Waals surface area contributed by atoms with Crippen molar-refractivity contribution in [1.82, 2.24) is 0 Å². The molecule has 90 valence electrons. The normalized spacial score (nSPS) is 12.9. The van der Waals surface area contributed by atoms with E-state index in [2.05, 4.69) is 0 Å². The topological polar surface area (TPSA) is 46.2 Å². The molecule has 0 spiro atoms. The average Bonchev–Trinajstić information content (AvgIpc) is 2.24. The van der Waals surface area contributed by atoms with Crippen molar-refractivity contribution in [2.45, 2.75) is 12.5 Å². The molecule has 0 aliphatic heterocycles. The fourth-order valence-electron chi connectivity index (χ4n) is 1.22. The lowest BCUT2D eigenvalue weighted by Gasteiger charge is -2.13. The smallest absolute Gasteiger partial charge is 0.200 e. The van der Waals surface area contributed by atoms with E-state index in [0.717, 1.165) is 0 Å². The minimum Gasteiger partial charge on any atom is -0.388 e. The first-order valence-electron chi connectivity index (χ1n) is 4.31. The van der Waals surface area contributed by atoms with E-state index in [1.54, 1.807) is 0 Å². The van der Waals surface area contributed by atoms with Crippen LogP contribution in [0.3, 0.4) is 0 Å². The predicted octanol–water partition coefficient (Wildman–Crippen LogP) is 1.76. The zero-order valence-electron chi connectivity index (χ0n) is 7.91. The summed E-state index contributed by atoms with van der Waals surface area (Å²) in [5.41, 5.74) is 3.76. The molecule has 1 aromatic carbocycles. The van der Waals surface area contributed by atoms with Crippen molar-refractivity contribution in [3.05, 3.63) is 34.6 Å². The van der Waals surface area contributed by atoms with Crippen molar-refractivity contribution >= 4 is 0 Å². The molecule has 1 rings (SSSR count). The summed E-state index contributed by atoms with van der Waals surface area (Å²) in [6, 6.07) is 0. The number of hydrogen-bond donors (Lipinski definition) is 2. The Bertz CT molecular complexity index is 380. The molecule has 0 radical (unpaired) electrons. The molecule has 0 aromatic heterocycles. The summed E-state index contributed by atoms with van der Waals surface area (Å²) in [5.74, 6) is -10.5. The molecule has 3 N–H and O–H groups in total. The molecule has 1 atom stereocenters. The Morgan fingerprint density at radius 2 is 1.25 bits per heavy atom. The Balaban J connectivity index is 3.39. The molecule has 2 nitrogen and oxygen atoms in total. The van der Waals surface area contributed by atoms with Gasteiger partial charge in [-0.05, 0) is 13.0 Å². The van der Waals surface area contributed by atoms with Crippen LogP contribution in [-0.4, -0.2) is 11.7 Å². The Hall–Kier alpha value is -1.21. The number of hydrogen-bond acceptors (Lipinski definition) is 2. The van der Waals surface area contributed by atoms with Crippen molar-refractivity contribution in [3.63, 3.8) is 0 Å². The van der Waals surface area contributed by atoms with Crippen LogP contribution < -0.4 is 5.73 Å². The number of benzene rings is 1. The molecule has 1 unspecified atom stereocenters. The van der Waals surface area contributed by atoms with Gasteiger partial charge in [-0.3, -0.25) is 0 Å². The van der Waals surface area contributed by atoms with Crippen molar-refractivity contribution in [2.75, 3.05) is 6.54 Å². The largest absolute Gasteiger partial charge is 0.388 e. The maximum atomic E-state index is 13.1. The van der Waals surface area contributed by atoms with Gasteiger partial charge in [-0.15, -0.1) is 0 Å². The standard InChI is InChI=1S/C9H8F5NO/c10-5-4(3(16)1-2-15)6(11)8(13)9(14)7(5)12/h3,16H,1-2,15H2. The summed E-state index contributed by atoms with van der Waals surface area (Å²) in [6.07, 6.45) is -2.13. The maximum absolute atomic E-state index is 13.1. The van der Waals surface area contributed by atoms with Crippen LogP contribution in [0.5, 0.6) is 0 Å². The number of rotatable bonds is 3. The van der Waals surface area contributed by atoms with Crippen molar-refractivity contribution in [1.29, 1.82) is 0 Å². The first-order chi connectivity index (χ1) is 7.41.